The third-order valence-electron chi connectivity index (χ3n) is 1.70. The largest absolute Gasteiger partial charge is 0.433 e. The zero-order chi connectivity index (χ0) is 11.9. The minimum absolute atomic E-state index is 0.00926. The van der Waals surface area contributed by atoms with E-state index >= 15 is 0 Å². The molecule has 8 heteroatoms. The predicted molar refractivity (Wildman–Crippen MR) is 42.4 cm³/mol. The van der Waals surface area contributed by atoms with E-state index in [1.54, 1.807) is 0 Å². The van der Waals surface area contributed by atoms with Crippen molar-refractivity contribution in [3.05, 3.63) is 23.5 Å². The zero-order valence-corrected chi connectivity index (χ0v) is 7.37. The maximum atomic E-state index is 12.2. The van der Waals surface area contributed by atoms with Crippen LogP contribution in [-0.2, 0) is 12.4 Å². The van der Waals surface area contributed by atoms with Gasteiger partial charge in [0, 0.05) is 6.20 Å². The van der Waals surface area contributed by atoms with Crippen molar-refractivity contribution in [3.8, 4) is 0 Å². The van der Waals surface area contributed by atoms with Gasteiger partial charge in [-0.05, 0) is 6.07 Å². The van der Waals surface area contributed by atoms with E-state index in [1.807, 2.05) is 0 Å². The van der Waals surface area contributed by atoms with E-state index in [1.165, 1.54) is 0 Å². The highest BCUT2D eigenvalue weighted by atomic mass is 19.4. The van der Waals surface area contributed by atoms with Gasteiger partial charge in [0.1, 0.15) is 13.5 Å². The molecule has 0 bridgehead atoms. The van der Waals surface area contributed by atoms with Crippen LogP contribution in [0.25, 0.3) is 0 Å². The predicted octanol–water partition coefficient (Wildman–Crippen LogP) is 1.38. The molecule has 82 valence electrons. The number of pyridine rings is 1. The lowest BCUT2D eigenvalue weighted by atomic mass is 9.92. The first-order valence-electron chi connectivity index (χ1n) is 3.73. The minimum Gasteiger partial charge on any atom is -0.252 e. The highest BCUT2D eigenvalue weighted by molar-refractivity contribution is 6.33. The SMILES string of the molecule is Bc1cnc(C(F)(F)F)cc1C(F)(F)F. The summed E-state index contributed by atoms with van der Waals surface area (Å²) in [6, 6.07) is 0.00926. The molecule has 15 heavy (non-hydrogen) atoms. The van der Waals surface area contributed by atoms with Crippen LogP contribution in [0.3, 0.4) is 0 Å². The summed E-state index contributed by atoms with van der Waals surface area (Å²) < 4.78 is 72.8. The van der Waals surface area contributed by atoms with E-state index < -0.39 is 23.6 Å². The van der Waals surface area contributed by atoms with E-state index in [2.05, 4.69) is 4.98 Å². The molecule has 1 nitrogen and oxygen atoms in total. The summed E-state index contributed by atoms with van der Waals surface area (Å²) in [6.45, 7) is 0. The maximum absolute atomic E-state index is 12.2. The van der Waals surface area contributed by atoms with Gasteiger partial charge in [-0.2, -0.15) is 26.3 Å². The highest BCUT2D eigenvalue weighted by Gasteiger charge is 2.38. The molecule has 0 aliphatic rings. The molecule has 0 fully saturated rings. The van der Waals surface area contributed by atoms with Crippen LogP contribution in [0.5, 0.6) is 0 Å². The molecule has 0 spiro atoms. The normalized spacial score (nSPS) is 12.9. The highest BCUT2D eigenvalue weighted by Crippen LogP contribution is 2.32. The van der Waals surface area contributed by atoms with E-state index in [9.17, 15) is 26.3 Å². The van der Waals surface area contributed by atoms with Crippen LogP contribution in [0.1, 0.15) is 11.3 Å². The fourth-order valence-electron chi connectivity index (χ4n) is 0.984. The van der Waals surface area contributed by atoms with Gasteiger partial charge < -0.3 is 0 Å². The average Bonchev–Trinajstić information content (AvgIpc) is 2.00. The van der Waals surface area contributed by atoms with Gasteiger partial charge in [0.15, 0.2) is 0 Å². The number of nitrogens with zero attached hydrogens (tertiary/aromatic N) is 1. The Labute approximate surface area is 81.5 Å². The molecule has 0 aliphatic carbocycles. The summed E-state index contributed by atoms with van der Waals surface area (Å²) in [5.74, 6) is 0. The molecule has 0 unspecified atom stereocenters. The van der Waals surface area contributed by atoms with Crippen LogP contribution in [0, 0.1) is 0 Å². The topological polar surface area (TPSA) is 12.9 Å². The first kappa shape index (κ1) is 11.9. The first-order valence-corrected chi connectivity index (χ1v) is 3.73. The Hall–Kier alpha value is -1.21. The van der Waals surface area contributed by atoms with Crippen molar-refractivity contribution in [2.45, 2.75) is 12.4 Å². The van der Waals surface area contributed by atoms with Crippen molar-refractivity contribution < 1.29 is 26.3 Å². The molecule has 1 heterocycles. The molecule has 1 aromatic heterocycles. The molecule has 0 amide bonds. The molecule has 1 rings (SSSR count). The van der Waals surface area contributed by atoms with Crippen molar-refractivity contribution >= 4 is 13.3 Å². The number of rotatable bonds is 0. The van der Waals surface area contributed by atoms with Gasteiger partial charge in [0.2, 0.25) is 0 Å². The van der Waals surface area contributed by atoms with Crippen LogP contribution >= 0.6 is 0 Å². The number of hydrogen-bond donors (Lipinski definition) is 0. The molecule has 1 aromatic rings. The van der Waals surface area contributed by atoms with E-state index in [0.29, 0.717) is 6.20 Å². The Morgan fingerprint density at radius 2 is 1.53 bits per heavy atom. The summed E-state index contributed by atoms with van der Waals surface area (Å²) in [4.78, 5) is 2.90. The van der Waals surface area contributed by atoms with Gasteiger partial charge in [0.05, 0.1) is 5.56 Å². The molecular formula is C7H4BF6N. The number of hydrogen-bond acceptors (Lipinski definition) is 1. The van der Waals surface area contributed by atoms with Crippen molar-refractivity contribution in [1.29, 1.82) is 0 Å². The van der Waals surface area contributed by atoms with E-state index in [-0.39, 0.29) is 11.5 Å². The Morgan fingerprint density at radius 1 is 1.00 bits per heavy atom. The summed E-state index contributed by atoms with van der Waals surface area (Å²) in [5, 5.41) is 0. The summed E-state index contributed by atoms with van der Waals surface area (Å²) in [5.41, 5.74) is -3.19. The van der Waals surface area contributed by atoms with Gasteiger partial charge in [0.25, 0.3) is 0 Å². The van der Waals surface area contributed by atoms with Gasteiger partial charge in [-0.15, -0.1) is 0 Å². The lowest BCUT2D eigenvalue weighted by molar-refractivity contribution is -0.145. The second-order valence-corrected chi connectivity index (χ2v) is 2.88. The van der Waals surface area contributed by atoms with Crippen molar-refractivity contribution in [2.24, 2.45) is 0 Å². The monoisotopic (exact) mass is 227 g/mol. The third kappa shape index (κ3) is 2.63. The number of halogens is 6. The van der Waals surface area contributed by atoms with E-state index in [0.717, 1.165) is 7.85 Å². The van der Waals surface area contributed by atoms with Gasteiger partial charge >= 0.3 is 12.4 Å². The van der Waals surface area contributed by atoms with Gasteiger partial charge in [-0.1, -0.05) is 5.46 Å². The fraction of sp³-hybridized carbons (Fsp3) is 0.286. The van der Waals surface area contributed by atoms with Crippen molar-refractivity contribution in [1.82, 2.24) is 4.98 Å². The Kier molecular flexibility index (Phi) is 2.71. The smallest absolute Gasteiger partial charge is 0.252 e. The summed E-state index contributed by atoms with van der Waals surface area (Å²) >= 11 is 0. The zero-order valence-electron chi connectivity index (χ0n) is 7.37. The molecule has 0 radical (unpaired) electrons. The van der Waals surface area contributed by atoms with Gasteiger partial charge in [-0.3, -0.25) is 4.98 Å². The van der Waals surface area contributed by atoms with Crippen molar-refractivity contribution in [3.63, 3.8) is 0 Å². The molecule has 0 aromatic carbocycles. The molecule has 0 atom stereocenters. The molecular weight excluding hydrogens is 223 g/mol. The van der Waals surface area contributed by atoms with Crippen LogP contribution in [0.2, 0.25) is 0 Å². The lowest BCUT2D eigenvalue weighted by Crippen LogP contribution is -2.23. The fourth-order valence-corrected chi connectivity index (χ4v) is 0.984. The Bertz CT molecular complexity index is 369. The Morgan fingerprint density at radius 3 is 1.93 bits per heavy atom. The average molecular weight is 227 g/mol. The third-order valence-corrected chi connectivity index (χ3v) is 1.70. The molecule has 0 saturated carbocycles. The molecule has 0 saturated heterocycles. The van der Waals surface area contributed by atoms with Crippen LogP contribution in [0.4, 0.5) is 26.3 Å². The van der Waals surface area contributed by atoms with E-state index in [4.69, 9.17) is 0 Å². The Balaban J connectivity index is 3.30. The van der Waals surface area contributed by atoms with Crippen LogP contribution in [-0.4, -0.2) is 12.8 Å². The number of aromatic nitrogens is 1. The minimum atomic E-state index is -4.87. The van der Waals surface area contributed by atoms with Crippen molar-refractivity contribution in [2.75, 3.05) is 0 Å². The first-order chi connectivity index (χ1) is 6.62. The summed E-state index contributed by atoms with van der Waals surface area (Å²) in [7, 11) is 1.05. The standard InChI is InChI=1S/C7H4BF6N/c8-4-2-15-5(7(12,13)14)1-3(4)6(9,10)11/h1-2H,8H2. The maximum Gasteiger partial charge on any atom is 0.433 e. The van der Waals surface area contributed by atoms with Gasteiger partial charge in [-0.25, -0.2) is 0 Å². The quantitative estimate of drug-likeness (QED) is 0.481. The second kappa shape index (κ2) is 3.43. The second-order valence-electron chi connectivity index (χ2n) is 2.88. The molecule has 0 N–H and O–H groups in total. The number of alkyl halides is 6. The summed E-state index contributed by atoms with van der Waals surface area (Å²) in [6.07, 6.45) is -9.10. The lowest BCUT2D eigenvalue weighted by Gasteiger charge is -2.12. The van der Waals surface area contributed by atoms with Crippen LogP contribution in [0.15, 0.2) is 12.3 Å². The molecule has 0 aliphatic heterocycles. The van der Waals surface area contributed by atoms with Crippen LogP contribution < -0.4 is 5.46 Å².